The Bertz CT molecular complexity index is 767. The normalized spacial score (nSPS) is 25.5. The molecule has 3 atom stereocenters. The first-order valence-electron chi connectivity index (χ1n) is 8.38. The highest BCUT2D eigenvalue weighted by atomic mass is 79.9. The first-order chi connectivity index (χ1) is 12.5. The third kappa shape index (κ3) is 4.16. The summed E-state index contributed by atoms with van der Waals surface area (Å²) in [5.41, 5.74) is 0.154. The number of benzene rings is 1. The van der Waals surface area contributed by atoms with E-state index in [1.807, 2.05) is 48.7 Å². The zero-order valence-electron chi connectivity index (χ0n) is 14.5. The number of nitrogens with zero attached hydrogens (tertiary/aromatic N) is 1. The molecule has 138 valence electrons. The molecule has 2 heterocycles. The summed E-state index contributed by atoms with van der Waals surface area (Å²) in [6, 6.07) is 9.58. The molecule has 0 aliphatic carbocycles. The fraction of sp³-hybridized carbons (Fsp3) is 0.368. The predicted molar refractivity (Wildman–Crippen MR) is 105 cm³/mol. The van der Waals surface area contributed by atoms with Gasteiger partial charge < -0.3 is 14.8 Å². The minimum atomic E-state index is -0.779. The number of thiazole rings is 1. The molecule has 5 nitrogen and oxygen atoms in total. The van der Waals surface area contributed by atoms with Gasteiger partial charge >= 0.3 is 6.09 Å². The molecule has 1 aromatic carbocycles. The number of carbonyl (C=O) groups is 1. The van der Waals surface area contributed by atoms with Gasteiger partial charge in [0.2, 0.25) is 0 Å². The van der Waals surface area contributed by atoms with E-state index >= 15 is 0 Å². The van der Waals surface area contributed by atoms with Crippen molar-refractivity contribution >= 4 is 33.4 Å². The molecule has 0 spiro atoms. The number of alkyl carbamates (subject to hydrolysis) is 1. The van der Waals surface area contributed by atoms with Crippen LogP contribution in [0.5, 0.6) is 0 Å². The summed E-state index contributed by atoms with van der Waals surface area (Å²) >= 11 is 4.87. The number of rotatable bonds is 5. The van der Waals surface area contributed by atoms with Gasteiger partial charge in [0.05, 0.1) is 12.7 Å². The number of halogens is 1. The van der Waals surface area contributed by atoms with Crippen LogP contribution in [0, 0.1) is 5.92 Å². The van der Waals surface area contributed by atoms with E-state index in [-0.39, 0.29) is 18.6 Å². The first kappa shape index (κ1) is 19.1. The van der Waals surface area contributed by atoms with Gasteiger partial charge in [-0.2, -0.15) is 0 Å². The smallest absolute Gasteiger partial charge is 0.408 e. The standard InChI is InChI=1S/C19H21BrN2O3S/c1-3-15-9-13(2)25-12-19(15,17-21-16(20)11-26-17)22-18(23)24-10-14-7-5-4-6-8-14/h3-8,11,13,15H,1,9-10,12H2,2H3,(H,22,23)/t13-,15+,19-/m0/s1. The van der Waals surface area contributed by atoms with E-state index in [4.69, 9.17) is 9.47 Å². The number of hydrogen-bond acceptors (Lipinski definition) is 5. The number of ether oxygens (including phenoxy) is 2. The molecule has 0 bridgehead atoms. The molecule has 1 saturated heterocycles. The quantitative estimate of drug-likeness (QED) is 0.693. The molecule has 3 rings (SSSR count). The van der Waals surface area contributed by atoms with Gasteiger partial charge in [-0.1, -0.05) is 36.4 Å². The number of hydrogen-bond donors (Lipinski definition) is 1. The Morgan fingerprint density at radius 3 is 2.96 bits per heavy atom. The molecular weight excluding hydrogens is 416 g/mol. The second-order valence-electron chi connectivity index (χ2n) is 6.33. The second kappa shape index (κ2) is 8.33. The van der Waals surface area contributed by atoms with Crippen molar-refractivity contribution in [2.24, 2.45) is 5.92 Å². The molecule has 1 aromatic heterocycles. The summed E-state index contributed by atoms with van der Waals surface area (Å²) in [7, 11) is 0. The Morgan fingerprint density at radius 1 is 1.54 bits per heavy atom. The molecular formula is C19H21BrN2O3S. The fourth-order valence-electron chi connectivity index (χ4n) is 3.11. The summed E-state index contributed by atoms with van der Waals surface area (Å²) in [4.78, 5) is 17.1. The van der Waals surface area contributed by atoms with Crippen LogP contribution < -0.4 is 5.32 Å². The van der Waals surface area contributed by atoms with E-state index in [0.717, 1.165) is 21.6 Å². The predicted octanol–water partition coefficient (Wildman–Crippen LogP) is 4.64. The van der Waals surface area contributed by atoms with Gasteiger partial charge in [0.1, 0.15) is 21.8 Å². The molecule has 1 fully saturated rings. The van der Waals surface area contributed by atoms with Crippen LogP contribution >= 0.6 is 27.3 Å². The number of aromatic nitrogens is 1. The zero-order chi connectivity index (χ0) is 18.6. The van der Waals surface area contributed by atoms with Crippen molar-refractivity contribution in [2.45, 2.75) is 31.6 Å². The summed E-state index contributed by atoms with van der Waals surface area (Å²) in [6.45, 7) is 6.52. The maximum absolute atomic E-state index is 12.6. The van der Waals surface area contributed by atoms with Crippen molar-refractivity contribution in [1.82, 2.24) is 10.3 Å². The van der Waals surface area contributed by atoms with Crippen molar-refractivity contribution in [2.75, 3.05) is 6.61 Å². The van der Waals surface area contributed by atoms with Crippen molar-refractivity contribution < 1.29 is 14.3 Å². The van der Waals surface area contributed by atoms with Crippen LogP contribution in [0.15, 0.2) is 53.0 Å². The van der Waals surface area contributed by atoms with Crippen LogP contribution in [0.4, 0.5) is 4.79 Å². The summed E-state index contributed by atoms with van der Waals surface area (Å²) < 4.78 is 12.0. The van der Waals surface area contributed by atoms with Gasteiger partial charge in [-0.3, -0.25) is 0 Å². The maximum Gasteiger partial charge on any atom is 0.408 e. The molecule has 1 amide bonds. The lowest BCUT2D eigenvalue weighted by Gasteiger charge is -2.43. The molecule has 1 N–H and O–H groups in total. The Balaban J connectivity index is 1.79. The lowest BCUT2D eigenvalue weighted by molar-refractivity contribution is -0.0547. The maximum atomic E-state index is 12.6. The van der Waals surface area contributed by atoms with Gasteiger partial charge in [-0.25, -0.2) is 9.78 Å². The highest BCUT2D eigenvalue weighted by molar-refractivity contribution is 9.10. The highest BCUT2D eigenvalue weighted by Gasteiger charge is 2.47. The average Bonchev–Trinajstić information content (AvgIpc) is 3.09. The largest absolute Gasteiger partial charge is 0.445 e. The zero-order valence-corrected chi connectivity index (χ0v) is 16.9. The first-order valence-corrected chi connectivity index (χ1v) is 10.1. The minimum Gasteiger partial charge on any atom is -0.445 e. The van der Waals surface area contributed by atoms with E-state index in [2.05, 4.69) is 32.8 Å². The van der Waals surface area contributed by atoms with Crippen molar-refractivity contribution in [3.8, 4) is 0 Å². The van der Waals surface area contributed by atoms with Crippen molar-refractivity contribution in [3.63, 3.8) is 0 Å². The molecule has 7 heteroatoms. The minimum absolute atomic E-state index is 0.00595. The average molecular weight is 437 g/mol. The van der Waals surface area contributed by atoms with E-state index in [1.165, 1.54) is 11.3 Å². The van der Waals surface area contributed by atoms with Gasteiger partial charge in [0.25, 0.3) is 0 Å². The summed E-state index contributed by atoms with van der Waals surface area (Å²) in [5, 5.41) is 5.69. The SMILES string of the molecule is C=C[C@@H]1C[C@H](C)OC[C@@]1(NC(=O)OCc1ccccc1)c1nc(Br)cs1. The second-order valence-corrected chi connectivity index (χ2v) is 8.00. The van der Waals surface area contributed by atoms with E-state index in [1.54, 1.807) is 0 Å². The summed E-state index contributed by atoms with van der Waals surface area (Å²) in [5.74, 6) is -0.00595. The van der Waals surface area contributed by atoms with E-state index in [9.17, 15) is 4.79 Å². The molecule has 2 aromatic rings. The lowest BCUT2D eigenvalue weighted by atomic mass is 9.79. The van der Waals surface area contributed by atoms with Gasteiger partial charge in [-0.05, 0) is 34.8 Å². The highest BCUT2D eigenvalue weighted by Crippen LogP contribution is 2.40. The number of carbonyl (C=O) groups excluding carboxylic acids is 1. The van der Waals surface area contributed by atoms with Crippen LogP contribution in [0.25, 0.3) is 0 Å². The van der Waals surface area contributed by atoms with Crippen LogP contribution in [0.2, 0.25) is 0 Å². The topological polar surface area (TPSA) is 60.5 Å². The van der Waals surface area contributed by atoms with Crippen LogP contribution in [0.1, 0.15) is 23.9 Å². The Hall–Kier alpha value is -1.70. The van der Waals surface area contributed by atoms with E-state index < -0.39 is 11.6 Å². The molecule has 0 radical (unpaired) electrons. The third-order valence-corrected chi connectivity index (χ3v) is 6.22. The number of amides is 1. The Kier molecular flexibility index (Phi) is 6.11. The van der Waals surface area contributed by atoms with Gasteiger partial charge in [0, 0.05) is 11.3 Å². The van der Waals surface area contributed by atoms with Crippen molar-refractivity contribution in [1.29, 1.82) is 0 Å². The molecule has 0 saturated carbocycles. The molecule has 1 aliphatic heterocycles. The molecule has 1 aliphatic rings. The van der Waals surface area contributed by atoms with Crippen LogP contribution in [-0.2, 0) is 21.6 Å². The molecule has 0 unspecified atom stereocenters. The Labute approximate surface area is 165 Å². The summed E-state index contributed by atoms with van der Waals surface area (Å²) in [6.07, 6.45) is 2.22. The van der Waals surface area contributed by atoms with Crippen LogP contribution in [0.3, 0.4) is 0 Å². The van der Waals surface area contributed by atoms with Crippen molar-refractivity contribution in [3.05, 3.63) is 63.5 Å². The van der Waals surface area contributed by atoms with Gasteiger partial charge in [-0.15, -0.1) is 17.9 Å². The monoisotopic (exact) mass is 436 g/mol. The lowest BCUT2D eigenvalue weighted by Crippen LogP contribution is -2.57. The fourth-order valence-corrected chi connectivity index (χ4v) is 4.57. The van der Waals surface area contributed by atoms with E-state index in [0.29, 0.717) is 6.61 Å². The molecule has 26 heavy (non-hydrogen) atoms. The van der Waals surface area contributed by atoms with Gasteiger partial charge in [0.15, 0.2) is 0 Å². The Morgan fingerprint density at radius 2 is 2.31 bits per heavy atom. The number of nitrogens with one attached hydrogen (secondary N) is 1. The third-order valence-electron chi connectivity index (χ3n) is 4.49. The van der Waals surface area contributed by atoms with Crippen LogP contribution in [-0.4, -0.2) is 23.8 Å².